The third-order valence-electron chi connectivity index (χ3n) is 8.03. The molecule has 0 spiro atoms. The Hall–Kier alpha value is -3.68. The van der Waals surface area contributed by atoms with Crippen LogP contribution in [0.1, 0.15) is 37.2 Å². The number of amides is 1. The van der Waals surface area contributed by atoms with Gasteiger partial charge in [-0.2, -0.15) is 0 Å². The molecule has 7 nitrogen and oxygen atoms in total. The highest BCUT2D eigenvalue weighted by atomic mass is 16.5. The van der Waals surface area contributed by atoms with E-state index < -0.39 is 0 Å². The smallest absolute Gasteiger partial charge is 0.408 e. The number of carbonyl (C=O) groups excluding carboxylic acids is 1. The summed E-state index contributed by atoms with van der Waals surface area (Å²) in [5.41, 5.74) is 5.66. The van der Waals surface area contributed by atoms with Gasteiger partial charge in [0.15, 0.2) is 5.58 Å². The van der Waals surface area contributed by atoms with Crippen molar-refractivity contribution in [1.82, 2.24) is 9.88 Å². The minimum absolute atomic E-state index is 0.133. The summed E-state index contributed by atoms with van der Waals surface area (Å²) in [4.78, 5) is 28.9. The maximum atomic E-state index is 14.3. The first-order valence-electron chi connectivity index (χ1n) is 14.0. The van der Waals surface area contributed by atoms with Gasteiger partial charge in [-0.1, -0.05) is 54.6 Å². The van der Waals surface area contributed by atoms with E-state index in [1.165, 1.54) is 16.7 Å². The topological polar surface area (TPSA) is 76.7 Å². The SMILES string of the molecule is COCCCn1c(=O)oc2ccc(N(C(=O)C3CNCC[C@@H]3c3cccc(-c4ccccc4)c3)C3CC3)cc21. The van der Waals surface area contributed by atoms with E-state index in [2.05, 4.69) is 53.8 Å². The molecule has 2 atom stereocenters. The first kappa shape index (κ1) is 25.6. The van der Waals surface area contributed by atoms with Crippen LogP contribution in [0.4, 0.5) is 5.69 Å². The average molecular weight is 526 g/mol. The number of hydrogen-bond acceptors (Lipinski definition) is 5. The molecular weight excluding hydrogens is 490 g/mol. The van der Waals surface area contributed by atoms with Crippen LogP contribution < -0.4 is 16.0 Å². The van der Waals surface area contributed by atoms with Crippen LogP contribution in [0.15, 0.2) is 82.0 Å². The van der Waals surface area contributed by atoms with Crippen LogP contribution >= 0.6 is 0 Å². The van der Waals surface area contributed by atoms with Crippen molar-refractivity contribution < 1.29 is 13.9 Å². The zero-order chi connectivity index (χ0) is 26.8. The Balaban J connectivity index is 1.32. The first-order chi connectivity index (χ1) is 19.1. The van der Waals surface area contributed by atoms with Gasteiger partial charge in [0.05, 0.1) is 11.4 Å². The van der Waals surface area contributed by atoms with E-state index >= 15 is 0 Å². The molecule has 1 aliphatic heterocycles. The number of nitrogens with zero attached hydrogens (tertiary/aromatic N) is 2. The van der Waals surface area contributed by atoms with Gasteiger partial charge in [0, 0.05) is 38.5 Å². The molecule has 39 heavy (non-hydrogen) atoms. The number of rotatable bonds is 9. The second kappa shape index (κ2) is 11.2. The van der Waals surface area contributed by atoms with Crippen molar-refractivity contribution >= 4 is 22.7 Å². The van der Waals surface area contributed by atoms with Crippen LogP contribution in [0.25, 0.3) is 22.2 Å². The molecule has 2 aliphatic rings. The maximum absolute atomic E-state index is 14.3. The van der Waals surface area contributed by atoms with Gasteiger partial charge >= 0.3 is 5.76 Å². The Morgan fingerprint density at radius 1 is 1.03 bits per heavy atom. The van der Waals surface area contributed by atoms with E-state index in [9.17, 15) is 9.59 Å². The van der Waals surface area contributed by atoms with Gasteiger partial charge in [-0.05, 0) is 73.0 Å². The van der Waals surface area contributed by atoms with E-state index in [0.717, 1.165) is 37.0 Å². The Bertz CT molecular complexity index is 1500. The van der Waals surface area contributed by atoms with Crippen LogP contribution in [0, 0.1) is 5.92 Å². The summed E-state index contributed by atoms with van der Waals surface area (Å²) in [6.07, 6.45) is 3.60. The molecule has 1 N–H and O–H groups in total. The van der Waals surface area contributed by atoms with Gasteiger partial charge in [0.25, 0.3) is 0 Å². The highest BCUT2D eigenvalue weighted by Gasteiger charge is 2.41. The normalized spacial score (nSPS) is 19.3. The third-order valence-corrected chi connectivity index (χ3v) is 8.03. The number of fused-ring (bicyclic) bond motifs is 1. The lowest BCUT2D eigenvalue weighted by molar-refractivity contribution is -0.123. The molecule has 202 valence electrons. The number of carbonyl (C=O) groups is 1. The van der Waals surface area contributed by atoms with Crippen LogP contribution in [-0.2, 0) is 16.1 Å². The third kappa shape index (κ3) is 5.29. The fraction of sp³-hybridized carbons (Fsp3) is 0.375. The highest BCUT2D eigenvalue weighted by Crippen LogP contribution is 2.39. The molecule has 3 aromatic carbocycles. The van der Waals surface area contributed by atoms with Crippen LogP contribution in [0.2, 0.25) is 0 Å². The van der Waals surface area contributed by atoms with Crippen LogP contribution in [0.3, 0.4) is 0 Å². The fourth-order valence-corrected chi connectivity index (χ4v) is 5.90. The number of nitrogens with one attached hydrogen (secondary N) is 1. The molecule has 7 heteroatoms. The Morgan fingerprint density at radius 3 is 2.64 bits per heavy atom. The number of piperidine rings is 1. The maximum Gasteiger partial charge on any atom is 0.419 e. The van der Waals surface area contributed by atoms with E-state index in [1.54, 1.807) is 11.7 Å². The molecule has 1 saturated carbocycles. The summed E-state index contributed by atoms with van der Waals surface area (Å²) in [6.45, 7) is 2.61. The summed E-state index contributed by atoms with van der Waals surface area (Å²) < 4.78 is 12.3. The number of oxazole rings is 1. The minimum Gasteiger partial charge on any atom is -0.408 e. The summed E-state index contributed by atoms with van der Waals surface area (Å²) in [5, 5.41) is 3.48. The summed E-state index contributed by atoms with van der Waals surface area (Å²) in [5.74, 6) is -0.267. The molecular formula is C32H35N3O4. The summed E-state index contributed by atoms with van der Waals surface area (Å²) in [6, 6.07) is 24.9. The van der Waals surface area contributed by atoms with E-state index in [-0.39, 0.29) is 29.5 Å². The molecule has 6 rings (SSSR count). The average Bonchev–Trinajstić information content (AvgIpc) is 3.77. The molecule has 4 aromatic rings. The van der Waals surface area contributed by atoms with Crippen LogP contribution in [0.5, 0.6) is 0 Å². The van der Waals surface area contributed by atoms with E-state index in [1.807, 2.05) is 29.2 Å². The fourth-order valence-electron chi connectivity index (χ4n) is 5.90. The molecule has 1 saturated heterocycles. The van der Waals surface area contributed by atoms with Crippen molar-refractivity contribution in [3.05, 3.63) is 88.9 Å². The molecule has 0 radical (unpaired) electrons. The van der Waals surface area contributed by atoms with E-state index in [0.29, 0.717) is 31.7 Å². The second-order valence-electron chi connectivity index (χ2n) is 10.7. The molecule has 0 bridgehead atoms. The van der Waals surface area contributed by atoms with Crippen molar-refractivity contribution in [2.75, 3.05) is 31.7 Å². The van der Waals surface area contributed by atoms with Gasteiger partial charge in [-0.3, -0.25) is 9.36 Å². The Morgan fingerprint density at radius 2 is 1.85 bits per heavy atom. The van der Waals surface area contributed by atoms with Crippen molar-refractivity contribution in [2.24, 2.45) is 5.92 Å². The number of aryl methyl sites for hydroxylation is 1. The zero-order valence-electron chi connectivity index (χ0n) is 22.3. The van der Waals surface area contributed by atoms with Gasteiger partial charge in [0.2, 0.25) is 5.91 Å². The molecule has 1 amide bonds. The van der Waals surface area contributed by atoms with Gasteiger partial charge in [-0.15, -0.1) is 0 Å². The van der Waals surface area contributed by atoms with Gasteiger partial charge in [0.1, 0.15) is 0 Å². The minimum atomic E-state index is -0.377. The molecule has 2 fully saturated rings. The monoisotopic (exact) mass is 525 g/mol. The lowest BCUT2D eigenvalue weighted by Crippen LogP contribution is -2.47. The Labute approximate surface area is 228 Å². The lowest BCUT2D eigenvalue weighted by Gasteiger charge is -2.36. The first-order valence-corrected chi connectivity index (χ1v) is 14.0. The lowest BCUT2D eigenvalue weighted by atomic mass is 9.79. The van der Waals surface area contributed by atoms with Gasteiger partial charge in [-0.25, -0.2) is 4.79 Å². The predicted octanol–water partition coefficient (Wildman–Crippen LogP) is 5.19. The standard InChI is InChI=1S/C32H35N3O4/c1-38-18-6-17-34-29-20-26(13-14-30(29)39-32(34)37)35(25-11-12-25)31(36)28-21-33-16-15-27(28)24-10-5-9-23(19-24)22-7-3-2-4-8-22/h2-5,7-10,13-14,19-20,25,27-28,33H,6,11-12,15-18,21H2,1H3/t27-,28?/m1/s1. The highest BCUT2D eigenvalue weighted by molar-refractivity contribution is 5.98. The van der Waals surface area contributed by atoms with Crippen molar-refractivity contribution in [3.63, 3.8) is 0 Å². The van der Waals surface area contributed by atoms with Gasteiger partial charge < -0.3 is 19.4 Å². The number of ether oxygens (including phenoxy) is 1. The number of benzene rings is 3. The number of methoxy groups -OCH3 is 1. The molecule has 1 aliphatic carbocycles. The summed E-state index contributed by atoms with van der Waals surface area (Å²) in [7, 11) is 1.65. The van der Waals surface area contributed by atoms with E-state index in [4.69, 9.17) is 9.15 Å². The predicted molar refractivity (Wildman–Crippen MR) is 153 cm³/mol. The molecule has 2 heterocycles. The number of aromatic nitrogens is 1. The molecule has 1 aromatic heterocycles. The zero-order valence-corrected chi connectivity index (χ0v) is 22.3. The van der Waals surface area contributed by atoms with Crippen molar-refractivity contribution in [2.45, 2.75) is 44.2 Å². The van der Waals surface area contributed by atoms with Crippen molar-refractivity contribution in [3.8, 4) is 11.1 Å². The Kier molecular flexibility index (Phi) is 7.35. The van der Waals surface area contributed by atoms with Crippen LogP contribution in [-0.4, -0.2) is 43.3 Å². The van der Waals surface area contributed by atoms with Crippen molar-refractivity contribution in [1.29, 1.82) is 0 Å². The summed E-state index contributed by atoms with van der Waals surface area (Å²) >= 11 is 0. The molecule has 1 unspecified atom stereocenters. The number of anilines is 1. The quantitative estimate of drug-likeness (QED) is 0.305. The number of hydrogen-bond donors (Lipinski definition) is 1. The second-order valence-corrected chi connectivity index (χ2v) is 10.7. The largest absolute Gasteiger partial charge is 0.419 e.